The van der Waals surface area contributed by atoms with Gasteiger partial charge in [0.15, 0.2) is 0 Å². The first-order valence-corrected chi connectivity index (χ1v) is 6.08. The van der Waals surface area contributed by atoms with Crippen LogP contribution < -0.4 is 5.32 Å². The van der Waals surface area contributed by atoms with Crippen molar-refractivity contribution >= 4 is 5.91 Å². The molecule has 1 heterocycles. The van der Waals surface area contributed by atoms with Crippen LogP contribution in [0.1, 0.15) is 39.5 Å². The van der Waals surface area contributed by atoms with E-state index >= 15 is 0 Å². The molecule has 1 fully saturated rings. The first kappa shape index (κ1) is 16.5. The van der Waals surface area contributed by atoms with Crippen molar-refractivity contribution in [2.45, 2.75) is 45.6 Å². The van der Waals surface area contributed by atoms with Crippen molar-refractivity contribution in [2.24, 2.45) is 0 Å². The van der Waals surface area contributed by atoms with Crippen molar-refractivity contribution in [3.63, 3.8) is 0 Å². The summed E-state index contributed by atoms with van der Waals surface area (Å²) in [6.07, 6.45) is 4.97. The fourth-order valence-electron chi connectivity index (χ4n) is 2.52. The summed E-state index contributed by atoms with van der Waals surface area (Å²) in [6, 6.07) is 0.0538. The standard InChI is InChI=1S/C12H24N2O.Y/c1-4-14(11(2)12(15)13-3)9-7-5-6-8-10-14;/h9,11H,4-8,10H2,1-3H3,(H,13,15);. The minimum Gasteiger partial charge on any atom is -0.445 e. The zero-order chi connectivity index (χ0) is 11.3. The summed E-state index contributed by atoms with van der Waals surface area (Å²) >= 11 is 0. The molecule has 1 aliphatic rings. The average molecular weight is 301 g/mol. The average Bonchev–Trinajstić information content (AvgIpc) is 2.53. The molecule has 0 aliphatic carbocycles. The predicted molar refractivity (Wildman–Crippen MR) is 62.0 cm³/mol. The molecule has 91 valence electrons. The largest absolute Gasteiger partial charge is 0.445 e. The van der Waals surface area contributed by atoms with Crippen LogP contribution in [0.3, 0.4) is 0 Å². The number of quaternary nitrogens is 1. The molecule has 16 heavy (non-hydrogen) atoms. The Bertz CT molecular complexity index is 213. The minimum atomic E-state index is 0. The molecular weight excluding hydrogens is 277 g/mol. The van der Waals surface area contributed by atoms with Gasteiger partial charge in [0.05, 0.1) is 13.1 Å². The molecule has 0 aromatic heterocycles. The Hall–Kier alpha value is 0.534. The zero-order valence-electron chi connectivity index (χ0n) is 10.8. The topological polar surface area (TPSA) is 29.1 Å². The van der Waals surface area contributed by atoms with E-state index in [-0.39, 0.29) is 44.7 Å². The van der Waals surface area contributed by atoms with Gasteiger partial charge in [-0.3, -0.25) is 4.79 Å². The Balaban J connectivity index is 0.00000225. The quantitative estimate of drug-likeness (QED) is 0.624. The van der Waals surface area contributed by atoms with Crippen LogP contribution in [0, 0.1) is 6.54 Å². The van der Waals surface area contributed by atoms with Crippen LogP contribution in [-0.2, 0) is 37.5 Å². The van der Waals surface area contributed by atoms with Gasteiger partial charge >= 0.3 is 0 Å². The van der Waals surface area contributed by atoms with E-state index < -0.39 is 0 Å². The van der Waals surface area contributed by atoms with Gasteiger partial charge in [-0.25, -0.2) is 0 Å². The Morgan fingerprint density at radius 2 is 2.12 bits per heavy atom. The molecule has 0 aromatic rings. The zero-order valence-corrected chi connectivity index (χ0v) is 13.7. The monoisotopic (exact) mass is 301 g/mol. The normalized spacial score (nSPS) is 27.4. The maximum atomic E-state index is 11.7. The van der Waals surface area contributed by atoms with E-state index in [9.17, 15) is 4.79 Å². The van der Waals surface area contributed by atoms with Gasteiger partial charge in [-0.2, -0.15) is 0 Å². The number of carbonyl (C=O) groups excluding carboxylic acids is 1. The molecular formula is C12H24N2OY. The van der Waals surface area contributed by atoms with E-state index in [1.807, 2.05) is 6.92 Å². The number of likely N-dealkylation sites (tertiary alicyclic amines) is 1. The van der Waals surface area contributed by atoms with Crippen LogP contribution in [-0.4, -0.2) is 36.6 Å². The third kappa shape index (κ3) is 3.78. The molecule has 0 aromatic carbocycles. The Kier molecular flexibility index (Phi) is 8.04. The van der Waals surface area contributed by atoms with Crippen LogP contribution >= 0.6 is 0 Å². The fourth-order valence-corrected chi connectivity index (χ4v) is 2.52. The van der Waals surface area contributed by atoms with E-state index in [1.54, 1.807) is 7.05 Å². The first-order valence-electron chi connectivity index (χ1n) is 6.08. The van der Waals surface area contributed by atoms with E-state index in [4.69, 9.17) is 0 Å². The van der Waals surface area contributed by atoms with Gasteiger partial charge < -0.3 is 9.80 Å². The number of rotatable bonds is 3. The van der Waals surface area contributed by atoms with Gasteiger partial charge in [0.2, 0.25) is 0 Å². The molecule has 3 nitrogen and oxygen atoms in total. The van der Waals surface area contributed by atoms with Crippen LogP contribution in [0.15, 0.2) is 0 Å². The molecule has 2 unspecified atom stereocenters. The molecule has 1 aliphatic heterocycles. The molecule has 0 saturated carbocycles. The Labute approximate surface area is 125 Å². The maximum absolute atomic E-state index is 11.7. The number of nitrogens with zero attached hydrogens (tertiary/aromatic N) is 1. The second-order valence-corrected chi connectivity index (χ2v) is 4.46. The molecule has 0 bridgehead atoms. The van der Waals surface area contributed by atoms with Gasteiger partial charge in [-0.05, 0) is 20.3 Å². The molecule has 4 heteroatoms. The number of carbonyl (C=O) groups is 1. The van der Waals surface area contributed by atoms with Crippen LogP contribution in [0.25, 0.3) is 0 Å². The summed E-state index contributed by atoms with van der Waals surface area (Å²) in [6.45, 7) is 8.72. The molecule has 1 rings (SSSR count). The van der Waals surface area contributed by atoms with Gasteiger partial charge in [0.1, 0.15) is 6.04 Å². The summed E-state index contributed by atoms with van der Waals surface area (Å²) < 4.78 is 0.861. The SMILES string of the molecule is CC[N+]1(C(C)C(=O)NC)[CH-]CCCCC1.[Y]. The molecule has 1 N–H and O–H groups in total. The third-order valence-electron chi connectivity index (χ3n) is 3.76. The second kappa shape index (κ2) is 7.78. The number of likely N-dealkylation sites (N-methyl/N-ethyl adjacent to an activating group) is 2. The molecule has 2 atom stereocenters. The van der Waals surface area contributed by atoms with Crippen molar-refractivity contribution in [1.82, 2.24) is 5.32 Å². The van der Waals surface area contributed by atoms with Crippen LogP contribution in [0.4, 0.5) is 0 Å². The Morgan fingerprint density at radius 3 is 2.69 bits per heavy atom. The number of nitrogens with one attached hydrogen (secondary N) is 1. The molecule has 0 spiro atoms. The second-order valence-electron chi connectivity index (χ2n) is 4.46. The smallest absolute Gasteiger partial charge is 0.275 e. The van der Waals surface area contributed by atoms with Gasteiger partial charge in [0.25, 0.3) is 5.91 Å². The summed E-state index contributed by atoms with van der Waals surface area (Å²) in [5, 5.41) is 2.77. The van der Waals surface area contributed by atoms with Crippen LogP contribution in [0.5, 0.6) is 0 Å². The minimum absolute atomic E-state index is 0. The summed E-state index contributed by atoms with van der Waals surface area (Å²) in [5.74, 6) is 0.162. The number of amides is 1. The van der Waals surface area contributed by atoms with Crippen molar-refractivity contribution in [3.05, 3.63) is 6.54 Å². The van der Waals surface area contributed by atoms with E-state index in [2.05, 4.69) is 18.8 Å². The van der Waals surface area contributed by atoms with Gasteiger partial charge in [-0.1, -0.05) is 12.8 Å². The van der Waals surface area contributed by atoms with E-state index in [0.29, 0.717) is 0 Å². The predicted octanol–water partition coefficient (Wildman–Crippen LogP) is 1.69. The third-order valence-corrected chi connectivity index (χ3v) is 3.76. The van der Waals surface area contributed by atoms with Crippen molar-refractivity contribution in [3.8, 4) is 0 Å². The summed E-state index contributed by atoms with van der Waals surface area (Å²) in [7, 11) is 1.73. The maximum Gasteiger partial charge on any atom is 0.275 e. The summed E-state index contributed by atoms with van der Waals surface area (Å²) in [5.41, 5.74) is 0. The molecule has 1 amide bonds. The van der Waals surface area contributed by atoms with E-state index in [1.165, 1.54) is 19.3 Å². The van der Waals surface area contributed by atoms with Crippen molar-refractivity contribution < 1.29 is 42.0 Å². The number of hydrogen-bond acceptors (Lipinski definition) is 1. The number of hydrogen-bond donors (Lipinski definition) is 1. The van der Waals surface area contributed by atoms with E-state index in [0.717, 1.165) is 24.0 Å². The molecule has 1 saturated heterocycles. The van der Waals surface area contributed by atoms with Gasteiger partial charge in [-0.15, -0.1) is 13.0 Å². The van der Waals surface area contributed by atoms with Crippen LogP contribution in [0.2, 0.25) is 0 Å². The van der Waals surface area contributed by atoms with Crippen molar-refractivity contribution in [1.29, 1.82) is 0 Å². The summed E-state index contributed by atoms with van der Waals surface area (Å²) in [4.78, 5) is 11.7. The fraction of sp³-hybridized carbons (Fsp3) is 0.833. The molecule has 1 radical (unpaired) electrons. The first-order chi connectivity index (χ1) is 7.16. The Morgan fingerprint density at radius 1 is 1.44 bits per heavy atom. The van der Waals surface area contributed by atoms with Crippen molar-refractivity contribution in [2.75, 3.05) is 20.1 Å². The van der Waals surface area contributed by atoms with Gasteiger partial charge in [0, 0.05) is 39.8 Å².